The van der Waals surface area contributed by atoms with Gasteiger partial charge in [0.2, 0.25) is 11.9 Å². The van der Waals surface area contributed by atoms with Crippen molar-refractivity contribution in [2.24, 2.45) is 0 Å². The maximum atomic E-state index is 12.0. The first-order valence-electron chi connectivity index (χ1n) is 7.59. The van der Waals surface area contributed by atoms with E-state index >= 15 is 0 Å². The van der Waals surface area contributed by atoms with Gasteiger partial charge in [-0.25, -0.2) is 15.0 Å². The van der Waals surface area contributed by atoms with Gasteiger partial charge in [0.05, 0.1) is 11.2 Å². The summed E-state index contributed by atoms with van der Waals surface area (Å²) in [5.41, 5.74) is 4.16. The molecule has 0 atom stereocenters. The fourth-order valence-electron chi connectivity index (χ4n) is 2.65. The van der Waals surface area contributed by atoms with Crippen molar-refractivity contribution >= 4 is 22.8 Å². The smallest absolute Gasteiger partial charge is 0.255 e. The van der Waals surface area contributed by atoms with Crippen LogP contribution in [0.4, 0.5) is 11.9 Å². The van der Waals surface area contributed by atoms with Crippen LogP contribution in [0.5, 0.6) is 0 Å². The van der Waals surface area contributed by atoms with Crippen molar-refractivity contribution < 1.29 is 0 Å². The molecule has 0 spiro atoms. The third-order valence-corrected chi connectivity index (χ3v) is 3.85. The van der Waals surface area contributed by atoms with Crippen molar-refractivity contribution in [3.63, 3.8) is 0 Å². The highest BCUT2D eigenvalue weighted by atomic mass is 16.1. The highest BCUT2D eigenvalue weighted by Gasteiger charge is 2.09. The molecule has 23 heavy (non-hydrogen) atoms. The van der Waals surface area contributed by atoms with Crippen molar-refractivity contribution in [1.82, 2.24) is 19.9 Å². The van der Waals surface area contributed by atoms with Crippen molar-refractivity contribution in [2.75, 3.05) is 5.32 Å². The van der Waals surface area contributed by atoms with Gasteiger partial charge in [-0.05, 0) is 38.8 Å². The molecule has 0 fully saturated rings. The molecule has 3 aromatic rings. The van der Waals surface area contributed by atoms with Gasteiger partial charge in [0.15, 0.2) is 0 Å². The average molecular weight is 309 g/mol. The zero-order valence-electron chi connectivity index (χ0n) is 13.7. The zero-order valence-corrected chi connectivity index (χ0v) is 13.7. The number of aromatic amines is 1. The van der Waals surface area contributed by atoms with Gasteiger partial charge in [-0.15, -0.1) is 0 Å². The van der Waals surface area contributed by atoms with Crippen molar-refractivity contribution in [1.29, 1.82) is 0 Å². The lowest BCUT2D eigenvalue weighted by Gasteiger charge is -2.09. The summed E-state index contributed by atoms with van der Waals surface area (Å²) in [7, 11) is 0. The molecule has 0 aliphatic carbocycles. The van der Waals surface area contributed by atoms with Crippen LogP contribution >= 0.6 is 0 Å². The molecule has 0 amide bonds. The van der Waals surface area contributed by atoms with Crippen LogP contribution in [0.25, 0.3) is 10.9 Å². The molecular formula is C17H19N5O. The van der Waals surface area contributed by atoms with Crippen LogP contribution in [0.15, 0.2) is 23.0 Å². The second-order valence-electron chi connectivity index (χ2n) is 5.61. The first-order valence-corrected chi connectivity index (χ1v) is 7.59. The zero-order chi connectivity index (χ0) is 16.6. The molecule has 6 heteroatoms. The van der Waals surface area contributed by atoms with E-state index in [4.69, 9.17) is 0 Å². The van der Waals surface area contributed by atoms with Gasteiger partial charge in [0.25, 0.3) is 5.56 Å². The minimum absolute atomic E-state index is 0.129. The third-order valence-electron chi connectivity index (χ3n) is 3.85. The van der Waals surface area contributed by atoms with Crippen LogP contribution in [0.3, 0.4) is 0 Å². The van der Waals surface area contributed by atoms with E-state index in [0.29, 0.717) is 29.6 Å². The van der Waals surface area contributed by atoms with Crippen LogP contribution < -0.4 is 10.9 Å². The van der Waals surface area contributed by atoms with E-state index in [2.05, 4.69) is 25.3 Å². The van der Waals surface area contributed by atoms with Gasteiger partial charge in [-0.3, -0.25) is 15.1 Å². The van der Waals surface area contributed by atoms with Crippen molar-refractivity contribution in [3.05, 3.63) is 51.1 Å². The predicted octanol–water partition coefficient (Wildman–Crippen LogP) is 2.94. The van der Waals surface area contributed by atoms with Gasteiger partial charge in [-0.1, -0.05) is 19.1 Å². The summed E-state index contributed by atoms with van der Waals surface area (Å²) in [6.07, 6.45) is 0.652. The number of nitrogens with one attached hydrogen (secondary N) is 2. The minimum Gasteiger partial charge on any atom is -0.294 e. The van der Waals surface area contributed by atoms with Crippen LogP contribution in [-0.4, -0.2) is 19.9 Å². The molecule has 0 radical (unpaired) electrons. The topological polar surface area (TPSA) is 83.6 Å². The lowest BCUT2D eigenvalue weighted by molar-refractivity contribution is 0.961. The number of aromatic nitrogens is 4. The van der Waals surface area contributed by atoms with Gasteiger partial charge in [0, 0.05) is 16.6 Å². The lowest BCUT2D eigenvalue weighted by atomic mass is 10.1. The van der Waals surface area contributed by atoms with Crippen LogP contribution in [-0.2, 0) is 6.42 Å². The molecule has 0 aliphatic rings. The van der Waals surface area contributed by atoms with Crippen LogP contribution in [0, 0.1) is 20.8 Å². The normalized spacial score (nSPS) is 11.0. The molecule has 0 bridgehead atoms. The van der Waals surface area contributed by atoms with E-state index in [9.17, 15) is 4.79 Å². The summed E-state index contributed by atoms with van der Waals surface area (Å²) in [5.74, 6) is 0.781. The first-order chi connectivity index (χ1) is 11.0. The SMILES string of the molecule is CCc1c(C)nc(Nc2nc(C)c3ccc(C)cc3n2)[nH]c1=O. The maximum Gasteiger partial charge on any atom is 0.255 e. The number of rotatable bonds is 3. The van der Waals surface area contributed by atoms with E-state index in [1.165, 1.54) is 0 Å². The summed E-state index contributed by atoms with van der Waals surface area (Å²) < 4.78 is 0. The van der Waals surface area contributed by atoms with Crippen molar-refractivity contribution in [3.8, 4) is 0 Å². The Morgan fingerprint density at radius 2 is 1.87 bits per heavy atom. The Labute approximate surface area is 134 Å². The Morgan fingerprint density at radius 3 is 2.57 bits per heavy atom. The number of benzene rings is 1. The van der Waals surface area contributed by atoms with Gasteiger partial charge >= 0.3 is 0 Å². The molecule has 0 saturated carbocycles. The van der Waals surface area contributed by atoms with Gasteiger partial charge in [0.1, 0.15) is 0 Å². The second kappa shape index (κ2) is 5.79. The molecule has 0 unspecified atom stereocenters. The van der Waals surface area contributed by atoms with Gasteiger partial charge < -0.3 is 0 Å². The summed E-state index contributed by atoms with van der Waals surface area (Å²) in [4.78, 5) is 28.1. The quantitative estimate of drug-likeness (QED) is 0.777. The number of hydrogen-bond donors (Lipinski definition) is 2. The van der Waals surface area contributed by atoms with E-state index in [-0.39, 0.29) is 5.56 Å². The molecular weight excluding hydrogens is 290 g/mol. The molecule has 2 heterocycles. The molecule has 2 aromatic heterocycles. The highest BCUT2D eigenvalue weighted by molar-refractivity contribution is 5.82. The summed E-state index contributed by atoms with van der Waals surface area (Å²) in [5, 5.41) is 4.01. The minimum atomic E-state index is -0.129. The van der Waals surface area contributed by atoms with E-state index < -0.39 is 0 Å². The number of anilines is 2. The predicted molar refractivity (Wildman–Crippen MR) is 91.3 cm³/mol. The monoisotopic (exact) mass is 309 g/mol. The molecule has 1 aromatic carbocycles. The molecule has 118 valence electrons. The molecule has 0 aliphatic heterocycles. The third kappa shape index (κ3) is 2.92. The maximum absolute atomic E-state index is 12.0. The highest BCUT2D eigenvalue weighted by Crippen LogP contribution is 2.19. The van der Waals surface area contributed by atoms with Gasteiger partial charge in [-0.2, -0.15) is 0 Å². The molecule has 3 rings (SSSR count). The van der Waals surface area contributed by atoms with E-state index in [0.717, 1.165) is 22.2 Å². The van der Waals surface area contributed by atoms with Crippen molar-refractivity contribution in [2.45, 2.75) is 34.1 Å². The molecule has 6 nitrogen and oxygen atoms in total. The lowest BCUT2D eigenvalue weighted by Crippen LogP contribution is -2.18. The summed E-state index contributed by atoms with van der Waals surface area (Å²) in [6, 6.07) is 6.07. The Balaban J connectivity index is 2.03. The Bertz CT molecular complexity index is 946. The van der Waals surface area contributed by atoms with E-state index in [1.807, 2.05) is 45.9 Å². The largest absolute Gasteiger partial charge is 0.294 e. The Morgan fingerprint density at radius 1 is 1.09 bits per heavy atom. The van der Waals surface area contributed by atoms with Crippen LogP contribution in [0.1, 0.15) is 29.4 Å². The Hall–Kier alpha value is -2.76. The number of fused-ring (bicyclic) bond motifs is 1. The Kier molecular flexibility index (Phi) is 3.82. The average Bonchev–Trinajstić information content (AvgIpc) is 2.46. The fourth-order valence-corrected chi connectivity index (χ4v) is 2.65. The first kappa shape index (κ1) is 15.1. The standard InChI is InChI=1S/C17H19N5O/c1-5-12-10(3)18-17(21-15(12)23)22-16-19-11(4)13-7-6-9(2)8-14(13)20-16/h6-8H,5H2,1-4H3,(H2,18,19,20,21,22,23). The molecule has 2 N–H and O–H groups in total. The number of H-pyrrole nitrogens is 1. The number of hydrogen-bond acceptors (Lipinski definition) is 5. The second-order valence-corrected chi connectivity index (χ2v) is 5.61. The summed E-state index contributed by atoms with van der Waals surface area (Å²) in [6.45, 7) is 7.72. The molecule has 0 saturated heterocycles. The number of aryl methyl sites for hydroxylation is 3. The number of nitrogens with zero attached hydrogens (tertiary/aromatic N) is 3. The summed E-state index contributed by atoms with van der Waals surface area (Å²) >= 11 is 0. The van der Waals surface area contributed by atoms with E-state index in [1.54, 1.807) is 0 Å². The van der Waals surface area contributed by atoms with Crippen LogP contribution in [0.2, 0.25) is 0 Å². The fraction of sp³-hybridized carbons (Fsp3) is 0.294.